The van der Waals surface area contributed by atoms with Gasteiger partial charge < -0.3 is 15.4 Å². The van der Waals surface area contributed by atoms with E-state index in [0.717, 1.165) is 23.3 Å². The third-order valence-corrected chi connectivity index (χ3v) is 4.13. The Kier molecular flexibility index (Phi) is 8.27. The number of halogens is 2. The first kappa shape index (κ1) is 22.0. The van der Waals surface area contributed by atoms with Crippen LogP contribution in [0, 0.1) is 18.6 Å². The number of carbonyl (C=O) groups excluding carboxylic acids is 3. The SMILES string of the molecule is Cc1ccccc1CCNC(=O)COC(=O)CCNC(=O)c1ccc(F)cc1F. The molecule has 0 heterocycles. The van der Waals surface area contributed by atoms with Crippen LogP contribution in [0.2, 0.25) is 0 Å². The van der Waals surface area contributed by atoms with E-state index in [4.69, 9.17) is 4.74 Å². The van der Waals surface area contributed by atoms with Crippen LogP contribution < -0.4 is 10.6 Å². The zero-order valence-electron chi connectivity index (χ0n) is 16.0. The van der Waals surface area contributed by atoms with Gasteiger partial charge in [-0.25, -0.2) is 8.78 Å². The summed E-state index contributed by atoms with van der Waals surface area (Å²) in [5.74, 6) is -3.67. The van der Waals surface area contributed by atoms with E-state index in [0.29, 0.717) is 19.0 Å². The van der Waals surface area contributed by atoms with Crippen molar-refractivity contribution in [3.8, 4) is 0 Å². The quantitative estimate of drug-likeness (QED) is 0.628. The van der Waals surface area contributed by atoms with E-state index >= 15 is 0 Å². The number of amides is 2. The summed E-state index contributed by atoms with van der Waals surface area (Å²) in [5, 5.41) is 4.99. The molecule has 0 bridgehead atoms. The number of benzene rings is 2. The molecule has 29 heavy (non-hydrogen) atoms. The second kappa shape index (κ2) is 10.9. The van der Waals surface area contributed by atoms with Crippen molar-refractivity contribution in [2.24, 2.45) is 0 Å². The van der Waals surface area contributed by atoms with E-state index in [1.54, 1.807) is 0 Å². The fraction of sp³-hybridized carbons (Fsp3) is 0.286. The number of hydrogen-bond donors (Lipinski definition) is 2. The summed E-state index contributed by atoms with van der Waals surface area (Å²) in [5.41, 5.74) is 1.93. The largest absolute Gasteiger partial charge is 0.456 e. The van der Waals surface area contributed by atoms with Crippen molar-refractivity contribution < 1.29 is 27.9 Å². The van der Waals surface area contributed by atoms with Crippen LogP contribution in [-0.4, -0.2) is 37.5 Å². The molecule has 6 nitrogen and oxygen atoms in total. The van der Waals surface area contributed by atoms with Gasteiger partial charge in [0.1, 0.15) is 11.6 Å². The van der Waals surface area contributed by atoms with E-state index < -0.39 is 36.0 Å². The van der Waals surface area contributed by atoms with Crippen molar-refractivity contribution in [1.29, 1.82) is 0 Å². The van der Waals surface area contributed by atoms with Gasteiger partial charge >= 0.3 is 5.97 Å². The second-order valence-electron chi connectivity index (χ2n) is 6.32. The number of carbonyl (C=O) groups is 3. The summed E-state index contributed by atoms with van der Waals surface area (Å²) in [6, 6.07) is 10.4. The Hall–Kier alpha value is -3.29. The smallest absolute Gasteiger partial charge is 0.308 e. The van der Waals surface area contributed by atoms with Crippen LogP contribution in [0.1, 0.15) is 27.9 Å². The van der Waals surface area contributed by atoms with Crippen LogP contribution in [0.15, 0.2) is 42.5 Å². The average molecular weight is 404 g/mol. The van der Waals surface area contributed by atoms with Gasteiger partial charge in [-0.1, -0.05) is 24.3 Å². The summed E-state index contributed by atoms with van der Waals surface area (Å²) in [6.45, 7) is 1.87. The van der Waals surface area contributed by atoms with E-state index in [1.807, 2.05) is 31.2 Å². The summed E-state index contributed by atoms with van der Waals surface area (Å²) < 4.78 is 31.2. The first-order valence-electron chi connectivity index (χ1n) is 9.07. The predicted octanol–water partition coefficient (Wildman–Crippen LogP) is 2.30. The molecule has 0 spiro atoms. The first-order chi connectivity index (χ1) is 13.9. The molecule has 0 aliphatic rings. The molecule has 0 aliphatic carbocycles. The molecule has 0 atom stereocenters. The molecule has 0 aliphatic heterocycles. The van der Waals surface area contributed by atoms with Crippen LogP contribution in [0.5, 0.6) is 0 Å². The van der Waals surface area contributed by atoms with Crippen molar-refractivity contribution in [3.05, 3.63) is 70.8 Å². The number of nitrogens with one attached hydrogen (secondary N) is 2. The summed E-state index contributed by atoms with van der Waals surface area (Å²) in [4.78, 5) is 35.2. The van der Waals surface area contributed by atoms with Crippen LogP contribution in [0.4, 0.5) is 8.78 Å². The Labute approximate surface area is 167 Å². The van der Waals surface area contributed by atoms with E-state index in [2.05, 4.69) is 10.6 Å². The number of hydrogen-bond acceptors (Lipinski definition) is 4. The lowest BCUT2D eigenvalue weighted by Gasteiger charge is -2.09. The van der Waals surface area contributed by atoms with Crippen LogP contribution in [0.25, 0.3) is 0 Å². The Balaban J connectivity index is 1.62. The Morgan fingerprint density at radius 1 is 1.00 bits per heavy atom. The molecule has 0 aromatic heterocycles. The molecule has 0 radical (unpaired) electrons. The lowest BCUT2D eigenvalue weighted by atomic mass is 10.1. The summed E-state index contributed by atoms with van der Waals surface area (Å²) in [6.07, 6.45) is 0.476. The van der Waals surface area contributed by atoms with Crippen molar-refractivity contribution in [2.45, 2.75) is 19.8 Å². The molecule has 2 aromatic carbocycles. The van der Waals surface area contributed by atoms with Crippen LogP contribution >= 0.6 is 0 Å². The summed E-state index contributed by atoms with van der Waals surface area (Å²) >= 11 is 0. The van der Waals surface area contributed by atoms with Gasteiger partial charge in [0.25, 0.3) is 11.8 Å². The third kappa shape index (κ3) is 7.33. The highest BCUT2D eigenvalue weighted by atomic mass is 19.1. The fourth-order valence-electron chi connectivity index (χ4n) is 2.54. The monoisotopic (exact) mass is 404 g/mol. The van der Waals surface area contributed by atoms with Crippen molar-refractivity contribution >= 4 is 17.8 Å². The maximum Gasteiger partial charge on any atom is 0.308 e. The minimum Gasteiger partial charge on any atom is -0.456 e. The van der Waals surface area contributed by atoms with Crippen LogP contribution in [0.3, 0.4) is 0 Å². The number of esters is 1. The Morgan fingerprint density at radius 2 is 1.76 bits per heavy atom. The molecule has 2 rings (SSSR count). The van der Waals surface area contributed by atoms with Gasteiger partial charge in [0.2, 0.25) is 0 Å². The zero-order chi connectivity index (χ0) is 21.2. The Morgan fingerprint density at radius 3 is 2.48 bits per heavy atom. The highest BCUT2D eigenvalue weighted by molar-refractivity contribution is 5.94. The molecule has 154 valence electrons. The van der Waals surface area contributed by atoms with Gasteiger partial charge in [-0.2, -0.15) is 0 Å². The lowest BCUT2D eigenvalue weighted by molar-refractivity contribution is -0.148. The summed E-state index contributed by atoms with van der Waals surface area (Å²) in [7, 11) is 0. The first-order valence-corrected chi connectivity index (χ1v) is 9.07. The van der Waals surface area contributed by atoms with E-state index in [9.17, 15) is 23.2 Å². The predicted molar refractivity (Wildman–Crippen MR) is 102 cm³/mol. The maximum atomic E-state index is 13.5. The van der Waals surface area contributed by atoms with Gasteiger partial charge in [0, 0.05) is 19.2 Å². The molecule has 2 aromatic rings. The maximum absolute atomic E-state index is 13.5. The topological polar surface area (TPSA) is 84.5 Å². The molecule has 0 saturated carbocycles. The lowest BCUT2D eigenvalue weighted by Crippen LogP contribution is -2.31. The fourth-order valence-corrected chi connectivity index (χ4v) is 2.54. The van der Waals surface area contributed by atoms with Gasteiger partial charge in [-0.3, -0.25) is 14.4 Å². The molecule has 2 N–H and O–H groups in total. The second-order valence-corrected chi connectivity index (χ2v) is 6.32. The number of ether oxygens (including phenoxy) is 1. The minimum absolute atomic E-state index is 0.108. The van der Waals surface area contributed by atoms with Gasteiger partial charge in [0.15, 0.2) is 6.61 Å². The molecular formula is C21H22F2N2O4. The molecular weight excluding hydrogens is 382 g/mol. The minimum atomic E-state index is -0.993. The van der Waals surface area contributed by atoms with Gasteiger partial charge in [-0.05, 0) is 36.6 Å². The van der Waals surface area contributed by atoms with E-state index in [1.165, 1.54) is 0 Å². The molecule has 0 fully saturated rings. The number of rotatable bonds is 9. The highest BCUT2D eigenvalue weighted by Crippen LogP contribution is 2.09. The van der Waals surface area contributed by atoms with Crippen molar-refractivity contribution in [3.63, 3.8) is 0 Å². The standard InChI is InChI=1S/C21H22F2N2O4/c1-14-4-2-3-5-15(14)8-10-24-19(26)13-29-20(27)9-11-25-21(28)17-7-6-16(22)12-18(17)23/h2-7,12H,8-11,13H2,1H3,(H,24,26)(H,25,28). The number of aryl methyl sites for hydroxylation is 1. The molecule has 2 amide bonds. The Bertz CT molecular complexity index is 887. The molecule has 0 unspecified atom stereocenters. The third-order valence-electron chi connectivity index (χ3n) is 4.13. The zero-order valence-corrected chi connectivity index (χ0v) is 16.0. The van der Waals surface area contributed by atoms with E-state index in [-0.39, 0.29) is 18.5 Å². The van der Waals surface area contributed by atoms with Gasteiger partial charge in [0.05, 0.1) is 12.0 Å². The van der Waals surface area contributed by atoms with Gasteiger partial charge in [-0.15, -0.1) is 0 Å². The molecule has 8 heteroatoms. The van der Waals surface area contributed by atoms with Crippen molar-refractivity contribution in [2.75, 3.05) is 19.7 Å². The average Bonchev–Trinajstić information content (AvgIpc) is 2.67. The van der Waals surface area contributed by atoms with Crippen LogP contribution in [-0.2, 0) is 20.7 Å². The molecule has 0 saturated heterocycles. The normalized spacial score (nSPS) is 10.3. The van der Waals surface area contributed by atoms with Crippen molar-refractivity contribution in [1.82, 2.24) is 10.6 Å². The highest BCUT2D eigenvalue weighted by Gasteiger charge is 2.13.